The van der Waals surface area contributed by atoms with Crippen molar-refractivity contribution >= 4 is 11.8 Å². The number of hydrogen-bond donors (Lipinski definition) is 0. The predicted octanol–water partition coefficient (Wildman–Crippen LogP) is 3.88. The van der Waals surface area contributed by atoms with Crippen molar-refractivity contribution in [2.75, 3.05) is 21.3 Å². The summed E-state index contributed by atoms with van der Waals surface area (Å²) in [5.41, 5.74) is 1.70. The quantitative estimate of drug-likeness (QED) is 0.569. The molecule has 0 saturated heterocycles. The smallest absolute Gasteiger partial charge is 0.311 e. The Morgan fingerprint density at radius 1 is 1.00 bits per heavy atom. The molecule has 0 saturated carbocycles. The van der Waals surface area contributed by atoms with Crippen molar-refractivity contribution in [1.82, 2.24) is 0 Å². The van der Waals surface area contributed by atoms with E-state index in [0.717, 1.165) is 22.6 Å². The third-order valence-electron chi connectivity index (χ3n) is 3.47. The molecule has 0 amide bonds. The second-order valence-corrected chi connectivity index (χ2v) is 5.02. The molecule has 0 bridgehead atoms. The molecule has 126 valence electrons. The van der Waals surface area contributed by atoms with Gasteiger partial charge in [0.1, 0.15) is 11.5 Å². The first kappa shape index (κ1) is 17.3. The maximum atomic E-state index is 11.0. The fourth-order valence-electron chi connectivity index (χ4n) is 2.27. The molecule has 0 heterocycles. The Labute approximate surface area is 140 Å². The summed E-state index contributed by atoms with van der Waals surface area (Å²) in [7, 11) is 4.61. The monoisotopic (exact) mass is 329 g/mol. The van der Waals surface area contributed by atoms with Gasteiger partial charge >= 0.3 is 5.69 Å². The van der Waals surface area contributed by atoms with Gasteiger partial charge in [0.25, 0.3) is 0 Å². The maximum absolute atomic E-state index is 11.0. The van der Waals surface area contributed by atoms with E-state index in [1.54, 1.807) is 32.4 Å². The molecule has 2 aromatic carbocycles. The van der Waals surface area contributed by atoms with E-state index in [0.29, 0.717) is 6.42 Å². The van der Waals surface area contributed by atoms with Crippen molar-refractivity contribution in [1.29, 1.82) is 0 Å². The number of nitro groups is 1. The lowest BCUT2D eigenvalue weighted by Crippen LogP contribution is -1.94. The number of hydrogen-bond acceptors (Lipinski definition) is 5. The summed E-state index contributed by atoms with van der Waals surface area (Å²) in [4.78, 5) is 10.6. The van der Waals surface area contributed by atoms with Crippen LogP contribution in [-0.2, 0) is 6.42 Å². The minimum Gasteiger partial charge on any atom is -0.497 e. The lowest BCUT2D eigenvalue weighted by Gasteiger charge is -2.07. The molecule has 0 aliphatic rings. The number of nitrogens with zero attached hydrogens (tertiary/aromatic N) is 1. The van der Waals surface area contributed by atoms with E-state index in [1.807, 2.05) is 24.3 Å². The molecular weight excluding hydrogens is 310 g/mol. The lowest BCUT2D eigenvalue weighted by atomic mass is 10.1. The van der Waals surface area contributed by atoms with Gasteiger partial charge in [0.05, 0.1) is 26.3 Å². The topological polar surface area (TPSA) is 70.8 Å². The second-order valence-electron chi connectivity index (χ2n) is 5.02. The fraction of sp³-hybridized carbons (Fsp3) is 0.222. The van der Waals surface area contributed by atoms with E-state index in [1.165, 1.54) is 13.2 Å². The summed E-state index contributed by atoms with van der Waals surface area (Å²) < 4.78 is 15.5. The molecule has 0 fully saturated rings. The predicted molar refractivity (Wildman–Crippen MR) is 91.9 cm³/mol. The van der Waals surface area contributed by atoms with Crippen molar-refractivity contribution in [3.05, 3.63) is 63.7 Å². The van der Waals surface area contributed by atoms with E-state index in [2.05, 4.69) is 0 Å². The molecule has 0 N–H and O–H groups in total. The van der Waals surface area contributed by atoms with Crippen molar-refractivity contribution in [2.24, 2.45) is 0 Å². The van der Waals surface area contributed by atoms with Gasteiger partial charge in [0.2, 0.25) is 0 Å². The Bertz CT molecular complexity index is 733. The van der Waals surface area contributed by atoms with Crippen LogP contribution in [0.3, 0.4) is 0 Å². The van der Waals surface area contributed by atoms with Gasteiger partial charge in [-0.2, -0.15) is 0 Å². The molecule has 2 rings (SSSR count). The molecule has 0 unspecified atom stereocenters. The molecule has 0 radical (unpaired) electrons. The van der Waals surface area contributed by atoms with Gasteiger partial charge in [-0.3, -0.25) is 10.1 Å². The zero-order chi connectivity index (χ0) is 17.5. The van der Waals surface area contributed by atoms with Crippen LogP contribution in [0.4, 0.5) is 5.69 Å². The molecule has 0 aliphatic carbocycles. The fourth-order valence-corrected chi connectivity index (χ4v) is 2.27. The van der Waals surface area contributed by atoms with Crippen LogP contribution >= 0.6 is 0 Å². The summed E-state index contributed by atoms with van der Waals surface area (Å²) in [5.74, 6) is 1.69. The van der Waals surface area contributed by atoms with E-state index >= 15 is 0 Å². The molecule has 0 spiro atoms. The second kappa shape index (κ2) is 8.01. The highest BCUT2D eigenvalue weighted by atomic mass is 16.6. The Hall–Kier alpha value is -3.02. The van der Waals surface area contributed by atoms with Gasteiger partial charge in [-0.1, -0.05) is 18.2 Å². The summed E-state index contributed by atoms with van der Waals surface area (Å²) >= 11 is 0. The van der Waals surface area contributed by atoms with E-state index in [-0.39, 0.29) is 11.4 Å². The highest BCUT2D eigenvalue weighted by Gasteiger charge is 2.14. The third kappa shape index (κ3) is 4.25. The zero-order valence-corrected chi connectivity index (χ0v) is 13.8. The van der Waals surface area contributed by atoms with Crippen molar-refractivity contribution in [3.63, 3.8) is 0 Å². The first-order valence-electron chi connectivity index (χ1n) is 7.28. The summed E-state index contributed by atoms with van der Waals surface area (Å²) in [6.45, 7) is 0. The number of benzene rings is 2. The average Bonchev–Trinajstić information content (AvgIpc) is 2.61. The highest BCUT2D eigenvalue weighted by Crippen LogP contribution is 2.28. The van der Waals surface area contributed by atoms with Gasteiger partial charge in [-0.05, 0) is 35.7 Å². The van der Waals surface area contributed by atoms with Crippen molar-refractivity contribution < 1.29 is 19.1 Å². The van der Waals surface area contributed by atoms with Crippen LogP contribution in [0.2, 0.25) is 0 Å². The Morgan fingerprint density at radius 2 is 1.67 bits per heavy atom. The molecule has 0 aliphatic heterocycles. The maximum Gasteiger partial charge on any atom is 0.311 e. The number of nitro benzene ring substituents is 1. The number of ether oxygens (including phenoxy) is 3. The van der Waals surface area contributed by atoms with Crippen LogP contribution in [-0.4, -0.2) is 26.3 Å². The molecule has 0 aromatic heterocycles. The van der Waals surface area contributed by atoms with Gasteiger partial charge < -0.3 is 14.2 Å². The van der Waals surface area contributed by atoms with Gasteiger partial charge in [0.15, 0.2) is 5.75 Å². The Kier molecular flexibility index (Phi) is 5.78. The van der Waals surface area contributed by atoms with Gasteiger partial charge in [-0.15, -0.1) is 0 Å². The first-order valence-corrected chi connectivity index (χ1v) is 7.28. The highest BCUT2D eigenvalue weighted by molar-refractivity contribution is 5.59. The minimum atomic E-state index is -0.455. The van der Waals surface area contributed by atoms with Crippen LogP contribution in [0.5, 0.6) is 17.2 Å². The molecule has 24 heavy (non-hydrogen) atoms. The first-order chi connectivity index (χ1) is 11.6. The number of rotatable bonds is 7. The zero-order valence-electron chi connectivity index (χ0n) is 13.8. The lowest BCUT2D eigenvalue weighted by molar-refractivity contribution is -0.385. The summed E-state index contributed by atoms with van der Waals surface area (Å²) in [6, 6.07) is 10.5. The third-order valence-corrected chi connectivity index (χ3v) is 3.47. The van der Waals surface area contributed by atoms with E-state index in [9.17, 15) is 10.1 Å². The molecule has 2 aromatic rings. The number of methoxy groups -OCH3 is 3. The van der Waals surface area contributed by atoms with Crippen LogP contribution in [0.15, 0.2) is 42.5 Å². The standard InChI is InChI=1S/C18H19NO5/c1-22-15-9-14(10-16(12-15)23-2)6-4-5-13-7-8-18(24-3)17(11-13)19(20)21/h4-5,7-12H,6H2,1-3H3. The van der Waals surface area contributed by atoms with Crippen LogP contribution in [0.25, 0.3) is 6.08 Å². The van der Waals surface area contributed by atoms with Crippen molar-refractivity contribution in [3.8, 4) is 17.2 Å². The number of allylic oxidation sites excluding steroid dienone is 1. The van der Waals surface area contributed by atoms with Gasteiger partial charge in [0, 0.05) is 12.1 Å². The SMILES string of the molecule is COc1cc(CC=Cc2ccc(OC)c([N+](=O)[O-])c2)cc(OC)c1. The Morgan fingerprint density at radius 3 is 2.21 bits per heavy atom. The summed E-state index contributed by atoms with van der Waals surface area (Å²) in [5, 5.41) is 11.0. The van der Waals surface area contributed by atoms with Crippen LogP contribution in [0.1, 0.15) is 11.1 Å². The van der Waals surface area contributed by atoms with Crippen LogP contribution < -0.4 is 14.2 Å². The average molecular weight is 329 g/mol. The van der Waals surface area contributed by atoms with E-state index in [4.69, 9.17) is 14.2 Å². The minimum absolute atomic E-state index is 0.0531. The molecule has 6 nitrogen and oxygen atoms in total. The van der Waals surface area contributed by atoms with Crippen molar-refractivity contribution in [2.45, 2.75) is 6.42 Å². The van der Waals surface area contributed by atoms with E-state index < -0.39 is 4.92 Å². The van der Waals surface area contributed by atoms with Gasteiger partial charge in [-0.25, -0.2) is 0 Å². The largest absolute Gasteiger partial charge is 0.497 e. The summed E-state index contributed by atoms with van der Waals surface area (Å²) in [6.07, 6.45) is 4.41. The van der Waals surface area contributed by atoms with Crippen LogP contribution in [0, 0.1) is 10.1 Å². The Balaban J connectivity index is 2.17. The molecule has 0 atom stereocenters. The molecule has 6 heteroatoms. The normalized spacial score (nSPS) is 10.6. The molecular formula is C18H19NO5.